The Labute approximate surface area is 150 Å². The number of carbonyl (C=O) groups is 1. The number of sulfonamides is 1. The molecular weight excluding hydrogens is 372 g/mol. The molecule has 0 fully saturated rings. The molecule has 24 heavy (non-hydrogen) atoms. The van der Waals surface area contributed by atoms with Crippen molar-refractivity contribution in [2.45, 2.75) is 11.1 Å². The second-order valence-electron chi connectivity index (χ2n) is 4.83. The van der Waals surface area contributed by atoms with Crippen molar-refractivity contribution in [2.75, 3.05) is 25.5 Å². The third-order valence-electron chi connectivity index (χ3n) is 3.03. The van der Waals surface area contributed by atoms with Gasteiger partial charge in [-0.1, -0.05) is 11.6 Å². The smallest absolute Gasteiger partial charge is 0.252 e. The zero-order valence-electron chi connectivity index (χ0n) is 13.2. The van der Waals surface area contributed by atoms with Crippen LogP contribution in [0.1, 0.15) is 6.92 Å². The fraction of sp³-hybridized carbons (Fsp3) is 0.267. The quantitative estimate of drug-likeness (QED) is 0.790. The van der Waals surface area contributed by atoms with Gasteiger partial charge in [-0.25, -0.2) is 8.42 Å². The molecule has 1 aromatic carbocycles. The van der Waals surface area contributed by atoms with Crippen molar-refractivity contribution in [1.82, 2.24) is 4.31 Å². The highest BCUT2D eigenvalue weighted by Crippen LogP contribution is 2.27. The number of hydrogen-bond acceptors (Lipinski definition) is 5. The molecule has 2 aromatic rings. The summed E-state index contributed by atoms with van der Waals surface area (Å²) in [6.45, 7) is 2.14. The van der Waals surface area contributed by atoms with Gasteiger partial charge in [-0.05, 0) is 43.3 Å². The van der Waals surface area contributed by atoms with Crippen LogP contribution in [-0.2, 0) is 14.8 Å². The highest BCUT2D eigenvalue weighted by Gasteiger charge is 2.24. The molecule has 9 heteroatoms. The van der Waals surface area contributed by atoms with E-state index in [0.29, 0.717) is 22.4 Å². The molecule has 0 atom stereocenters. The van der Waals surface area contributed by atoms with E-state index in [9.17, 15) is 13.2 Å². The highest BCUT2D eigenvalue weighted by molar-refractivity contribution is 7.91. The molecule has 0 unspecified atom stereocenters. The summed E-state index contributed by atoms with van der Waals surface area (Å²) in [4.78, 5) is 12.0. The van der Waals surface area contributed by atoms with Gasteiger partial charge in [-0.3, -0.25) is 4.79 Å². The first-order valence-electron chi connectivity index (χ1n) is 7.07. The maximum absolute atomic E-state index is 12.3. The molecule has 1 aromatic heterocycles. The third-order valence-corrected chi connectivity index (χ3v) is 6.53. The van der Waals surface area contributed by atoms with Gasteiger partial charge in [0.15, 0.2) is 0 Å². The van der Waals surface area contributed by atoms with E-state index in [-0.39, 0.29) is 10.8 Å². The van der Waals surface area contributed by atoms with E-state index in [1.54, 1.807) is 24.3 Å². The van der Waals surface area contributed by atoms with Crippen LogP contribution in [0, 0.1) is 0 Å². The van der Waals surface area contributed by atoms with Gasteiger partial charge < -0.3 is 10.1 Å². The molecule has 0 saturated heterocycles. The molecule has 6 nitrogen and oxygen atoms in total. The van der Waals surface area contributed by atoms with Crippen LogP contribution in [0.4, 0.5) is 5.69 Å². The van der Waals surface area contributed by atoms with Gasteiger partial charge in [0, 0.05) is 12.7 Å². The van der Waals surface area contributed by atoms with Crippen LogP contribution in [0.15, 0.2) is 40.6 Å². The van der Waals surface area contributed by atoms with Crippen LogP contribution < -0.4 is 10.1 Å². The lowest BCUT2D eigenvalue weighted by Crippen LogP contribution is -2.34. The van der Waals surface area contributed by atoms with Gasteiger partial charge >= 0.3 is 0 Å². The number of nitrogens with one attached hydrogen (secondary N) is 1. The zero-order chi connectivity index (χ0) is 17.7. The molecule has 1 amide bonds. The molecule has 130 valence electrons. The van der Waals surface area contributed by atoms with E-state index in [1.807, 2.05) is 6.92 Å². The molecule has 0 radical (unpaired) electrons. The first-order valence-corrected chi connectivity index (χ1v) is 9.70. The van der Waals surface area contributed by atoms with E-state index in [0.717, 1.165) is 15.6 Å². The van der Waals surface area contributed by atoms with E-state index in [4.69, 9.17) is 16.3 Å². The summed E-state index contributed by atoms with van der Waals surface area (Å²) in [6.07, 6.45) is 0. The first kappa shape index (κ1) is 18.7. The molecule has 0 spiro atoms. The number of benzene rings is 1. The Hall–Kier alpha value is -1.61. The van der Waals surface area contributed by atoms with Crippen molar-refractivity contribution in [2.24, 2.45) is 0 Å². The molecule has 1 N–H and O–H groups in total. The largest absolute Gasteiger partial charge is 0.494 e. The average molecular weight is 389 g/mol. The Morgan fingerprint density at radius 3 is 2.46 bits per heavy atom. The van der Waals surface area contributed by atoms with Crippen LogP contribution in [0.5, 0.6) is 5.75 Å². The van der Waals surface area contributed by atoms with Gasteiger partial charge in [0.05, 0.1) is 17.5 Å². The molecule has 0 aliphatic rings. The number of anilines is 1. The van der Waals surface area contributed by atoms with Gasteiger partial charge in [-0.2, -0.15) is 4.31 Å². The molecule has 0 aliphatic heterocycles. The SMILES string of the molecule is CCOc1ccc(NC(=O)CN(C)S(=O)(=O)c2ccc(Cl)s2)cc1. The van der Waals surface area contributed by atoms with Crippen LogP contribution in [-0.4, -0.2) is 38.8 Å². The van der Waals surface area contributed by atoms with Crippen molar-refractivity contribution >= 4 is 44.6 Å². The van der Waals surface area contributed by atoms with Gasteiger partial charge in [0.25, 0.3) is 10.0 Å². The summed E-state index contributed by atoms with van der Waals surface area (Å²) in [5.74, 6) is 0.262. The number of likely N-dealkylation sites (N-methyl/N-ethyl adjacent to an activating group) is 1. The van der Waals surface area contributed by atoms with Gasteiger partial charge in [0.2, 0.25) is 5.91 Å². The van der Waals surface area contributed by atoms with E-state index < -0.39 is 15.9 Å². The van der Waals surface area contributed by atoms with Crippen molar-refractivity contribution in [3.05, 3.63) is 40.7 Å². The third kappa shape index (κ3) is 4.70. The number of carbonyl (C=O) groups excluding carboxylic acids is 1. The molecule has 0 saturated carbocycles. The van der Waals surface area contributed by atoms with E-state index >= 15 is 0 Å². The summed E-state index contributed by atoms with van der Waals surface area (Å²) in [5.41, 5.74) is 0.563. The number of ether oxygens (including phenoxy) is 1. The molecule has 1 heterocycles. The maximum Gasteiger partial charge on any atom is 0.252 e. The lowest BCUT2D eigenvalue weighted by atomic mass is 10.3. The number of rotatable bonds is 7. The molecule has 0 bridgehead atoms. The number of amides is 1. The van der Waals surface area contributed by atoms with Crippen molar-refractivity contribution in [3.63, 3.8) is 0 Å². The van der Waals surface area contributed by atoms with E-state index in [1.165, 1.54) is 19.2 Å². The predicted octanol–water partition coefficient (Wildman–Crippen LogP) is 3.06. The topological polar surface area (TPSA) is 75.7 Å². The minimum absolute atomic E-state index is 0.101. The first-order chi connectivity index (χ1) is 11.3. The Bertz CT molecular complexity index is 803. The van der Waals surface area contributed by atoms with Crippen molar-refractivity contribution < 1.29 is 17.9 Å². The second-order valence-corrected chi connectivity index (χ2v) is 8.81. The van der Waals surface area contributed by atoms with Crippen LogP contribution in [0.2, 0.25) is 4.34 Å². The summed E-state index contributed by atoms with van der Waals surface area (Å²) in [7, 11) is -2.39. The standard InChI is InChI=1S/C15H17ClN2O4S2/c1-3-22-12-6-4-11(5-7-12)17-14(19)10-18(2)24(20,21)15-9-8-13(16)23-15/h4-9H,3,10H2,1-2H3,(H,17,19). The molecular formula is C15H17ClN2O4S2. The minimum Gasteiger partial charge on any atom is -0.494 e. The fourth-order valence-electron chi connectivity index (χ4n) is 1.88. The zero-order valence-corrected chi connectivity index (χ0v) is 15.5. The summed E-state index contributed by atoms with van der Waals surface area (Å²) < 4.78 is 31.4. The highest BCUT2D eigenvalue weighted by atomic mass is 35.5. The maximum atomic E-state index is 12.3. The van der Waals surface area contributed by atoms with Gasteiger partial charge in [0.1, 0.15) is 9.96 Å². The number of hydrogen-bond donors (Lipinski definition) is 1. The summed E-state index contributed by atoms with van der Waals surface area (Å²) >= 11 is 6.72. The van der Waals surface area contributed by atoms with Crippen molar-refractivity contribution in [1.29, 1.82) is 0 Å². The number of halogens is 1. The van der Waals surface area contributed by atoms with Crippen LogP contribution in [0.3, 0.4) is 0 Å². The van der Waals surface area contributed by atoms with Crippen molar-refractivity contribution in [3.8, 4) is 5.75 Å². The minimum atomic E-state index is -3.73. The average Bonchev–Trinajstić information content (AvgIpc) is 2.96. The Morgan fingerprint density at radius 2 is 1.92 bits per heavy atom. The number of thiophene rings is 1. The Kier molecular flexibility index (Phi) is 6.22. The Balaban J connectivity index is 1.98. The fourth-order valence-corrected chi connectivity index (χ4v) is 4.70. The second kappa shape index (κ2) is 7.98. The monoisotopic (exact) mass is 388 g/mol. The van der Waals surface area contributed by atoms with Gasteiger partial charge in [-0.15, -0.1) is 11.3 Å². The normalized spacial score (nSPS) is 11.5. The predicted molar refractivity (Wildman–Crippen MR) is 95.4 cm³/mol. The summed E-state index contributed by atoms with van der Waals surface area (Å²) in [6, 6.07) is 9.77. The number of nitrogens with zero attached hydrogens (tertiary/aromatic N) is 1. The molecule has 0 aliphatic carbocycles. The lowest BCUT2D eigenvalue weighted by Gasteiger charge is -2.15. The van der Waals surface area contributed by atoms with Crippen LogP contribution >= 0.6 is 22.9 Å². The summed E-state index contributed by atoms with van der Waals surface area (Å²) in [5, 5.41) is 2.65. The lowest BCUT2D eigenvalue weighted by molar-refractivity contribution is -0.116. The van der Waals surface area contributed by atoms with E-state index in [2.05, 4.69) is 5.32 Å². The van der Waals surface area contributed by atoms with Crippen LogP contribution in [0.25, 0.3) is 0 Å². The molecule has 2 rings (SSSR count). The Morgan fingerprint density at radius 1 is 1.25 bits per heavy atom.